The fourth-order valence-corrected chi connectivity index (χ4v) is 0.778. The van der Waals surface area contributed by atoms with Crippen molar-refractivity contribution in [2.45, 2.75) is 34.6 Å². The van der Waals surface area contributed by atoms with Crippen LogP contribution in [0, 0.1) is 5.92 Å². The normalized spacial score (nSPS) is 11.9. The van der Waals surface area contributed by atoms with Gasteiger partial charge in [0.1, 0.15) is 0 Å². The van der Waals surface area contributed by atoms with Crippen molar-refractivity contribution in [2.24, 2.45) is 5.92 Å². The largest absolute Gasteiger partial charge is 0.501 e. The summed E-state index contributed by atoms with van der Waals surface area (Å²) in [6.07, 6.45) is 5.87. The third-order valence-electron chi connectivity index (χ3n) is 1.73. The van der Waals surface area contributed by atoms with E-state index in [-0.39, 0.29) is 0 Å². The molecule has 0 saturated heterocycles. The molecular formula is C13H24O. The van der Waals surface area contributed by atoms with E-state index in [2.05, 4.69) is 20.4 Å². The maximum Gasteiger partial charge on any atom is 0.0924 e. The molecule has 0 aliphatic carbocycles. The maximum atomic E-state index is 5.01. The molecule has 0 aromatic carbocycles. The first-order valence-corrected chi connectivity index (χ1v) is 5.16. The van der Waals surface area contributed by atoms with Crippen LogP contribution in [-0.2, 0) is 4.74 Å². The molecule has 0 spiro atoms. The number of allylic oxidation sites excluding steroid dienone is 5. The van der Waals surface area contributed by atoms with E-state index in [4.69, 9.17) is 4.74 Å². The van der Waals surface area contributed by atoms with Crippen molar-refractivity contribution in [3.63, 3.8) is 0 Å². The van der Waals surface area contributed by atoms with Gasteiger partial charge in [0.2, 0.25) is 0 Å². The summed E-state index contributed by atoms with van der Waals surface area (Å²) >= 11 is 0. The zero-order chi connectivity index (χ0) is 11.6. The van der Waals surface area contributed by atoms with Gasteiger partial charge in [-0.2, -0.15) is 0 Å². The third kappa shape index (κ3) is 7.66. The topological polar surface area (TPSA) is 9.23 Å². The Morgan fingerprint density at radius 2 is 1.71 bits per heavy atom. The molecule has 0 aromatic rings. The molecule has 0 bridgehead atoms. The van der Waals surface area contributed by atoms with Crippen LogP contribution >= 0.6 is 0 Å². The number of ether oxygens (including phenoxy) is 1. The van der Waals surface area contributed by atoms with Gasteiger partial charge in [0.25, 0.3) is 0 Å². The van der Waals surface area contributed by atoms with Crippen molar-refractivity contribution in [1.82, 2.24) is 0 Å². The van der Waals surface area contributed by atoms with E-state index >= 15 is 0 Å². The Balaban J connectivity index is 0. The van der Waals surface area contributed by atoms with Crippen LogP contribution < -0.4 is 0 Å². The monoisotopic (exact) mass is 196 g/mol. The second kappa shape index (κ2) is 10.1. The Morgan fingerprint density at radius 3 is 2.00 bits per heavy atom. The number of methoxy groups -OCH3 is 1. The van der Waals surface area contributed by atoms with Gasteiger partial charge in [0.05, 0.1) is 12.9 Å². The highest BCUT2D eigenvalue weighted by Crippen LogP contribution is 2.10. The summed E-state index contributed by atoms with van der Waals surface area (Å²) in [5, 5.41) is 0. The van der Waals surface area contributed by atoms with E-state index < -0.39 is 0 Å². The Morgan fingerprint density at radius 1 is 1.21 bits per heavy atom. The third-order valence-corrected chi connectivity index (χ3v) is 1.73. The molecule has 0 fully saturated rings. The summed E-state index contributed by atoms with van der Waals surface area (Å²) in [7, 11) is 1.67. The second-order valence-corrected chi connectivity index (χ2v) is 3.01. The van der Waals surface area contributed by atoms with Gasteiger partial charge in [-0.05, 0) is 24.5 Å². The van der Waals surface area contributed by atoms with E-state index in [1.54, 1.807) is 7.11 Å². The SMILES string of the molecule is C=C/C(=C\C=C(/C)OC)C(C)C.CC. The molecular weight excluding hydrogens is 172 g/mol. The zero-order valence-electron chi connectivity index (χ0n) is 10.4. The first-order valence-electron chi connectivity index (χ1n) is 5.16. The average molecular weight is 196 g/mol. The van der Waals surface area contributed by atoms with Gasteiger partial charge in [0.15, 0.2) is 0 Å². The Hall–Kier alpha value is -0.980. The summed E-state index contributed by atoms with van der Waals surface area (Å²) in [5.41, 5.74) is 1.23. The quantitative estimate of drug-likeness (QED) is 0.480. The van der Waals surface area contributed by atoms with Crippen molar-refractivity contribution in [1.29, 1.82) is 0 Å². The molecule has 0 aliphatic heterocycles. The predicted molar refractivity (Wildman–Crippen MR) is 65.2 cm³/mol. The average Bonchev–Trinajstić information content (AvgIpc) is 2.21. The summed E-state index contributed by atoms with van der Waals surface area (Å²) in [6.45, 7) is 14.0. The smallest absolute Gasteiger partial charge is 0.0924 e. The maximum absolute atomic E-state index is 5.01. The fourth-order valence-electron chi connectivity index (χ4n) is 0.778. The number of hydrogen-bond acceptors (Lipinski definition) is 1. The molecule has 82 valence electrons. The van der Waals surface area contributed by atoms with Crippen LogP contribution in [-0.4, -0.2) is 7.11 Å². The van der Waals surface area contributed by atoms with Crippen LogP contribution in [0.4, 0.5) is 0 Å². The van der Waals surface area contributed by atoms with Crippen molar-refractivity contribution in [2.75, 3.05) is 7.11 Å². The Bertz CT molecular complexity index is 197. The minimum absolute atomic E-state index is 0.517. The van der Waals surface area contributed by atoms with Gasteiger partial charge in [-0.1, -0.05) is 46.4 Å². The van der Waals surface area contributed by atoms with E-state index in [1.165, 1.54) is 5.57 Å². The van der Waals surface area contributed by atoms with Crippen molar-refractivity contribution in [3.05, 3.63) is 36.1 Å². The summed E-state index contributed by atoms with van der Waals surface area (Å²) in [6, 6.07) is 0. The van der Waals surface area contributed by atoms with E-state index in [9.17, 15) is 0 Å². The predicted octanol–water partition coefficient (Wildman–Crippen LogP) is 4.33. The molecule has 0 heterocycles. The first kappa shape index (κ1) is 15.5. The highest BCUT2D eigenvalue weighted by Gasteiger charge is 1.95. The van der Waals surface area contributed by atoms with Crippen LogP contribution in [0.15, 0.2) is 36.1 Å². The van der Waals surface area contributed by atoms with Crippen LogP contribution in [0.25, 0.3) is 0 Å². The first-order chi connectivity index (χ1) is 6.61. The molecule has 0 atom stereocenters. The number of rotatable bonds is 4. The van der Waals surface area contributed by atoms with Crippen molar-refractivity contribution >= 4 is 0 Å². The molecule has 1 nitrogen and oxygen atoms in total. The number of hydrogen-bond donors (Lipinski definition) is 0. The molecule has 0 aromatic heterocycles. The Labute approximate surface area is 89.2 Å². The lowest BCUT2D eigenvalue weighted by molar-refractivity contribution is 0.293. The zero-order valence-corrected chi connectivity index (χ0v) is 10.4. The lowest BCUT2D eigenvalue weighted by Crippen LogP contribution is -1.89. The summed E-state index contributed by atoms with van der Waals surface area (Å²) in [5.74, 6) is 1.43. The highest BCUT2D eigenvalue weighted by atomic mass is 16.5. The van der Waals surface area contributed by atoms with Crippen LogP contribution in [0.1, 0.15) is 34.6 Å². The molecule has 0 radical (unpaired) electrons. The molecule has 0 unspecified atom stereocenters. The van der Waals surface area contributed by atoms with Gasteiger partial charge >= 0.3 is 0 Å². The van der Waals surface area contributed by atoms with Gasteiger partial charge in [-0.25, -0.2) is 0 Å². The van der Waals surface area contributed by atoms with E-state index in [0.717, 1.165) is 5.76 Å². The molecule has 0 amide bonds. The van der Waals surface area contributed by atoms with Crippen LogP contribution in [0.5, 0.6) is 0 Å². The van der Waals surface area contributed by atoms with Gasteiger partial charge in [0, 0.05) is 0 Å². The van der Waals surface area contributed by atoms with E-state index in [0.29, 0.717) is 5.92 Å². The Kier molecular flexibility index (Phi) is 11.2. The second-order valence-electron chi connectivity index (χ2n) is 3.01. The molecule has 14 heavy (non-hydrogen) atoms. The molecule has 0 rings (SSSR count). The summed E-state index contributed by atoms with van der Waals surface area (Å²) in [4.78, 5) is 0. The van der Waals surface area contributed by atoms with Crippen LogP contribution in [0.3, 0.4) is 0 Å². The summed E-state index contributed by atoms with van der Waals surface area (Å²) < 4.78 is 5.01. The van der Waals surface area contributed by atoms with Crippen molar-refractivity contribution < 1.29 is 4.74 Å². The lowest BCUT2D eigenvalue weighted by atomic mass is 10.0. The van der Waals surface area contributed by atoms with Gasteiger partial charge < -0.3 is 4.74 Å². The molecule has 0 N–H and O–H groups in total. The highest BCUT2D eigenvalue weighted by molar-refractivity contribution is 5.24. The minimum Gasteiger partial charge on any atom is -0.501 e. The minimum atomic E-state index is 0.517. The van der Waals surface area contributed by atoms with Crippen molar-refractivity contribution in [3.8, 4) is 0 Å². The lowest BCUT2D eigenvalue weighted by Gasteiger charge is -2.04. The fraction of sp³-hybridized carbons (Fsp3) is 0.538. The van der Waals surface area contributed by atoms with Gasteiger partial charge in [-0.15, -0.1) is 0 Å². The standard InChI is InChI=1S/C11H18O.C2H6/c1-6-11(9(2)3)8-7-10(4)12-5;1-2/h6-9H,1H2,2-5H3;1-2H3/b10-7+,11-8+;. The molecule has 0 saturated carbocycles. The van der Waals surface area contributed by atoms with Crippen LogP contribution in [0.2, 0.25) is 0 Å². The van der Waals surface area contributed by atoms with Gasteiger partial charge in [-0.3, -0.25) is 0 Å². The molecule has 1 heteroatoms. The molecule has 0 aliphatic rings. The van der Waals surface area contributed by atoms with E-state index in [1.807, 2.05) is 39.0 Å².